The number of sulfonamides is 1. The highest BCUT2D eigenvalue weighted by molar-refractivity contribution is 7.89. The standard InChI is InChI=1S/C25H26N2O5S/c1-27(18-20-7-5-4-6-8-20)33(29,30)22-13-11-21(12-14-22)26-25(28)16-10-19-9-15-23(31-2)24(17-19)32-3/h4-17H,18H2,1-3H3,(H,26,28). The van der Waals surface area contributed by atoms with Gasteiger partial charge in [0.2, 0.25) is 15.9 Å². The van der Waals surface area contributed by atoms with Crippen molar-refractivity contribution in [2.75, 3.05) is 26.6 Å². The van der Waals surface area contributed by atoms with E-state index < -0.39 is 10.0 Å². The van der Waals surface area contributed by atoms with Crippen LogP contribution < -0.4 is 14.8 Å². The molecule has 3 rings (SSSR count). The van der Waals surface area contributed by atoms with Gasteiger partial charge in [-0.2, -0.15) is 4.31 Å². The third-order valence-electron chi connectivity index (χ3n) is 4.91. The lowest BCUT2D eigenvalue weighted by atomic mass is 10.2. The second kappa shape index (κ2) is 10.8. The van der Waals surface area contributed by atoms with Crippen LogP contribution in [0.1, 0.15) is 11.1 Å². The first-order valence-corrected chi connectivity index (χ1v) is 11.6. The van der Waals surface area contributed by atoms with Crippen LogP contribution in [0.3, 0.4) is 0 Å². The summed E-state index contributed by atoms with van der Waals surface area (Å²) in [5.41, 5.74) is 2.15. The summed E-state index contributed by atoms with van der Waals surface area (Å²) >= 11 is 0. The van der Waals surface area contributed by atoms with Crippen LogP contribution in [0.15, 0.2) is 83.8 Å². The maximum absolute atomic E-state index is 12.8. The van der Waals surface area contributed by atoms with Crippen LogP contribution in [0.4, 0.5) is 5.69 Å². The summed E-state index contributed by atoms with van der Waals surface area (Å²) in [5, 5.41) is 2.72. The lowest BCUT2D eigenvalue weighted by molar-refractivity contribution is -0.111. The SMILES string of the molecule is COc1ccc(C=CC(=O)Nc2ccc(S(=O)(=O)N(C)Cc3ccccc3)cc2)cc1OC. The molecule has 7 nitrogen and oxygen atoms in total. The monoisotopic (exact) mass is 466 g/mol. The topological polar surface area (TPSA) is 84.9 Å². The van der Waals surface area contributed by atoms with Crippen molar-refractivity contribution in [1.82, 2.24) is 4.31 Å². The van der Waals surface area contributed by atoms with Gasteiger partial charge in [0.05, 0.1) is 19.1 Å². The number of hydrogen-bond acceptors (Lipinski definition) is 5. The van der Waals surface area contributed by atoms with E-state index in [1.807, 2.05) is 30.3 Å². The number of amides is 1. The number of nitrogens with zero attached hydrogens (tertiary/aromatic N) is 1. The molecule has 0 spiro atoms. The molecule has 0 radical (unpaired) electrons. The summed E-state index contributed by atoms with van der Waals surface area (Å²) < 4.78 is 37.4. The first kappa shape index (κ1) is 24.0. The Morgan fingerprint density at radius 2 is 1.61 bits per heavy atom. The van der Waals surface area contributed by atoms with E-state index >= 15 is 0 Å². The van der Waals surface area contributed by atoms with Gasteiger partial charge in [0.25, 0.3) is 0 Å². The van der Waals surface area contributed by atoms with Gasteiger partial charge in [-0.05, 0) is 53.6 Å². The zero-order valence-electron chi connectivity index (χ0n) is 18.7. The first-order chi connectivity index (χ1) is 15.8. The number of nitrogens with one attached hydrogen (secondary N) is 1. The van der Waals surface area contributed by atoms with Gasteiger partial charge in [-0.15, -0.1) is 0 Å². The molecule has 0 aromatic heterocycles. The van der Waals surface area contributed by atoms with Crippen LogP contribution >= 0.6 is 0 Å². The largest absolute Gasteiger partial charge is 0.493 e. The summed E-state index contributed by atoms with van der Waals surface area (Å²) in [5.74, 6) is 0.819. The van der Waals surface area contributed by atoms with Crippen molar-refractivity contribution in [2.24, 2.45) is 0 Å². The van der Waals surface area contributed by atoms with Crippen LogP contribution in [-0.2, 0) is 21.4 Å². The fourth-order valence-corrected chi connectivity index (χ4v) is 4.29. The van der Waals surface area contributed by atoms with Crippen molar-refractivity contribution in [3.63, 3.8) is 0 Å². The Kier molecular flexibility index (Phi) is 7.87. The number of anilines is 1. The van der Waals surface area contributed by atoms with E-state index in [-0.39, 0.29) is 17.3 Å². The molecule has 0 saturated carbocycles. The zero-order valence-corrected chi connectivity index (χ0v) is 19.5. The Balaban J connectivity index is 1.64. The van der Waals surface area contributed by atoms with Gasteiger partial charge in [0.1, 0.15) is 0 Å². The van der Waals surface area contributed by atoms with E-state index in [2.05, 4.69) is 5.32 Å². The molecule has 8 heteroatoms. The number of rotatable bonds is 9. The molecule has 0 atom stereocenters. The van der Waals surface area contributed by atoms with E-state index in [4.69, 9.17) is 9.47 Å². The molecule has 0 aliphatic carbocycles. The van der Waals surface area contributed by atoms with Crippen molar-refractivity contribution in [3.05, 3.63) is 90.0 Å². The fraction of sp³-hybridized carbons (Fsp3) is 0.160. The average molecular weight is 467 g/mol. The lowest BCUT2D eigenvalue weighted by Crippen LogP contribution is -2.26. The van der Waals surface area contributed by atoms with Crippen LogP contribution in [-0.4, -0.2) is 39.9 Å². The smallest absolute Gasteiger partial charge is 0.248 e. The third-order valence-corrected chi connectivity index (χ3v) is 6.73. The van der Waals surface area contributed by atoms with Crippen LogP contribution in [0.2, 0.25) is 0 Å². The molecular weight excluding hydrogens is 440 g/mol. The van der Waals surface area contributed by atoms with E-state index in [1.54, 1.807) is 50.6 Å². The minimum atomic E-state index is -3.66. The molecule has 0 fully saturated rings. The van der Waals surface area contributed by atoms with Crippen LogP contribution in [0.5, 0.6) is 11.5 Å². The van der Waals surface area contributed by atoms with Crippen molar-refractivity contribution in [2.45, 2.75) is 11.4 Å². The molecule has 3 aromatic rings. The molecule has 1 amide bonds. The number of methoxy groups -OCH3 is 2. The Labute approximate surface area is 194 Å². The molecule has 0 bridgehead atoms. The van der Waals surface area contributed by atoms with Gasteiger partial charge in [0, 0.05) is 25.4 Å². The predicted molar refractivity (Wildman–Crippen MR) is 129 cm³/mol. The number of carbonyl (C=O) groups excluding carboxylic acids is 1. The summed E-state index contributed by atoms with van der Waals surface area (Å²) in [7, 11) is 0.979. The first-order valence-electron chi connectivity index (χ1n) is 10.1. The van der Waals surface area contributed by atoms with Crippen molar-refractivity contribution in [1.29, 1.82) is 0 Å². The Bertz CT molecular complexity index is 1220. The van der Waals surface area contributed by atoms with E-state index in [0.29, 0.717) is 17.2 Å². The highest BCUT2D eigenvalue weighted by Crippen LogP contribution is 2.28. The summed E-state index contributed by atoms with van der Waals surface area (Å²) in [4.78, 5) is 12.4. The minimum absolute atomic E-state index is 0.153. The highest BCUT2D eigenvalue weighted by Gasteiger charge is 2.20. The Morgan fingerprint density at radius 1 is 0.939 bits per heavy atom. The van der Waals surface area contributed by atoms with Crippen LogP contribution in [0, 0.1) is 0 Å². The minimum Gasteiger partial charge on any atom is -0.493 e. The number of hydrogen-bond donors (Lipinski definition) is 1. The molecule has 0 aliphatic rings. The quantitative estimate of drug-likeness (QED) is 0.479. The van der Waals surface area contributed by atoms with Gasteiger partial charge in [0.15, 0.2) is 11.5 Å². The van der Waals surface area contributed by atoms with E-state index in [9.17, 15) is 13.2 Å². The van der Waals surface area contributed by atoms with E-state index in [0.717, 1.165) is 11.1 Å². The molecule has 0 heterocycles. The molecular formula is C25H26N2O5S. The number of carbonyl (C=O) groups is 1. The Hall–Kier alpha value is -3.62. The highest BCUT2D eigenvalue weighted by atomic mass is 32.2. The van der Waals surface area contributed by atoms with E-state index in [1.165, 1.54) is 29.6 Å². The van der Waals surface area contributed by atoms with Gasteiger partial charge >= 0.3 is 0 Å². The van der Waals surface area contributed by atoms with Gasteiger partial charge in [-0.3, -0.25) is 4.79 Å². The maximum Gasteiger partial charge on any atom is 0.248 e. The normalized spacial score (nSPS) is 11.5. The number of benzene rings is 3. The van der Waals surface area contributed by atoms with Gasteiger partial charge < -0.3 is 14.8 Å². The molecule has 0 unspecified atom stereocenters. The van der Waals surface area contributed by atoms with Crippen molar-refractivity contribution in [3.8, 4) is 11.5 Å². The average Bonchev–Trinajstić information content (AvgIpc) is 2.83. The predicted octanol–water partition coefficient (Wildman–Crippen LogP) is 4.18. The molecule has 1 N–H and O–H groups in total. The second-order valence-electron chi connectivity index (χ2n) is 7.21. The summed E-state index contributed by atoms with van der Waals surface area (Å²) in [6.45, 7) is 0.266. The Morgan fingerprint density at radius 3 is 2.24 bits per heavy atom. The summed E-state index contributed by atoms with van der Waals surface area (Å²) in [6.07, 6.45) is 3.04. The van der Waals surface area contributed by atoms with Crippen LogP contribution in [0.25, 0.3) is 6.08 Å². The summed E-state index contributed by atoms with van der Waals surface area (Å²) in [6, 6.07) is 20.8. The maximum atomic E-state index is 12.8. The van der Waals surface area contributed by atoms with Crippen molar-refractivity contribution < 1.29 is 22.7 Å². The molecule has 172 valence electrons. The molecule has 33 heavy (non-hydrogen) atoms. The van der Waals surface area contributed by atoms with Crippen molar-refractivity contribution >= 4 is 27.7 Å². The third kappa shape index (κ3) is 6.21. The molecule has 3 aromatic carbocycles. The molecule has 0 saturated heterocycles. The van der Waals surface area contributed by atoms with Gasteiger partial charge in [-0.1, -0.05) is 36.4 Å². The number of ether oxygens (including phenoxy) is 2. The molecule has 0 aliphatic heterocycles. The zero-order chi connectivity index (χ0) is 23.8. The lowest BCUT2D eigenvalue weighted by Gasteiger charge is -2.17. The second-order valence-corrected chi connectivity index (χ2v) is 9.25. The fourth-order valence-electron chi connectivity index (χ4n) is 3.13. The van der Waals surface area contributed by atoms with Gasteiger partial charge in [-0.25, -0.2) is 8.42 Å².